The van der Waals surface area contributed by atoms with Gasteiger partial charge in [0.1, 0.15) is 5.82 Å². The molecule has 1 atom stereocenters. The van der Waals surface area contributed by atoms with E-state index in [2.05, 4.69) is 17.3 Å². The number of aromatic nitrogens is 2. The molecule has 0 spiro atoms. The third-order valence-corrected chi connectivity index (χ3v) is 5.74. The summed E-state index contributed by atoms with van der Waals surface area (Å²) in [6.45, 7) is 2.53. The van der Waals surface area contributed by atoms with Gasteiger partial charge in [-0.1, -0.05) is 31.9 Å². The van der Waals surface area contributed by atoms with Crippen LogP contribution in [0.3, 0.4) is 0 Å². The molecule has 1 aliphatic carbocycles. The van der Waals surface area contributed by atoms with E-state index in [1.54, 1.807) is 11.1 Å². The van der Waals surface area contributed by atoms with Crippen molar-refractivity contribution in [3.63, 3.8) is 0 Å². The van der Waals surface area contributed by atoms with Gasteiger partial charge in [-0.25, -0.2) is 4.68 Å². The minimum atomic E-state index is -0.338. The third kappa shape index (κ3) is 3.61. The number of benzene rings is 1. The Balaban J connectivity index is 1.43. The summed E-state index contributed by atoms with van der Waals surface area (Å²) in [6, 6.07) is 10.2. The van der Waals surface area contributed by atoms with Crippen molar-refractivity contribution < 1.29 is 9.59 Å². The summed E-state index contributed by atoms with van der Waals surface area (Å²) in [7, 11) is 0. The number of hydrogen-bond donors (Lipinski definition) is 1. The molecule has 2 aliphatic rings. The maximum Gasteiger partial charge on any atom is 0.230 e. The molecule has 6 nitrogen and oxygen atoms in total. The van der Waals surface area contributed by atoms with Crippen LogP contribution in [0.1, 0.15) is 50.6 Å². The predicted molar refractivity (Wildman–Crippen MR) is 105 cm³/mol. The lowest BCUT2D eigenvalue weighted by atomic mass is 10.1. The quantitative estimate of drug-likeness (QED) is 0.880. The van der Waals surface area contributed by atoms with Crippen molar-refractivity contribution >= 4 is 23.3 Å². The van der Waals surface area contributed by atoms with E-state index in [0.29, 0.717) is 12.6 Å². The van der Waals surface area contributed by atoms with Crippen molar-refractivity contribution in [1.29, 1.82) is 0 Å². The van der Waals surface area contributed by atoms with E-state index in [4.69, 9.17) is 0 Å². The van der Waals surface area contributed by atoms with E-state index in [1.165, 1.54) is 18.4 Å². The Bertz CT molecular complexity index is 821. The molecule has 2 amide bonds. The number of carbonyl (C=O) groups excluding carboxylic acids is 2. The molecule has 1 aromatic heterocycles. The van der Waals surface area contributed by atoms with Crippen LogP contribution in [0.2, 0.25) is 0 Å². The molecule has 2 fully saturated rings. The summed E-state index contributed by atoms with van der Waals surface area (Å²) in [4.78, 5) is 26.9. The Kier molecular flexibility index (Phi) is 4.97. The largest absolute Gasteiger partial charge is 0.312 e. The van der Waals surface area contributed by atoms with Crippen LogP contribution in [0.25, 0.3) is 0 Å². The molecule has 2 aromatic rings. The van der Waals surface area contributed by atoms with Gasteiger partial charge < -0.3 is 10.2 Å². The van der Waals surface area contributed by atoms with Gasteiger partial charge in [-0.05, 0) is 37.0 Å². The van der Waals surface area contributed by atoms with Gasteiger partial charge in [-0.3, -0.25) is 9.59 Å². The van der Waals surface area contributed by atoms with E-state index < -0.39 is 0 Å². The first-order chi connectivity index (χ1) is 13.2. The van der Waals surface area contributed by atoms with Crippen LogP contribution < -0.4 is 10.2 Å². The molecule has 1 N–H and O–H groups in total. The third-order valence-electron chi connectivity index (χ3n) is 5.74. The van der Waals surface area contributed by atoms with Crippen LogP contribution in [-0.4, -0.2) is 28.1 Å². The van der Waals surface area contributed by atoms with E-state index >= 15 is 0 Å². The fourth-order valence-electron chi connectivity index (χ4n) is 4.13. The Hall–Kier alpha value is -2.63. The predicted octanol–water partition coefficient (Wildman–Crippen LogP) is 3.55. The topological polar surface area (TPSA) is 67.2 Å². The number of carbonyl (C=O) groups is 2. The van der Waals surface area contributed by atoms with Gasteiger partial charge in [0.25, 0.3) is 0 Å². The van der Waals surface area contributed by atoms with Crippen molar-refractivity contribution in [2.75, 3.05) is 16.8 Å². The fraction of sp³-hybridized carbons (Fsp3) is 0.476. The molecule has 1 saturated carbocycles. The number of hydrogen-bond acceptors (Lipinski definition) is 3. The summed E-state index contributed by atoms with van der Waals surface area (Å²) in [5, 5.41) is 7.40. The molecule has 0 bridgehead atoms. The van der Waals surface area contributed by atoms with E-state index in [-0.39, 0.29) is 24.2 Å². The number of nitrogens with zero attached hydrogens (tertiary/aromatic N) is 3. The average molecular weight is 366 g/mol. The highest BCUT2D eigenvalue weighted by Gasteiger charge is 2.35. The van der Waals surface area contributed by atoms with Crippen LogP contribution in [0.5, 0.6) is 0 Å². The van der Waals surface area contributed by atoms with Gasteiger partial charge in [-0.2, -0.15) is 5.10 Å². The lowest BCUT2D eigenvalue weighted by Crippen LogP contribution is -2.29. The summed E-state index contributed by atoms with van der Waals surface area (Å²) in [5.74, 6) is 0.305. The molecule has 0 radical (unpaired) electrons. The SMILES string of the molecule is CCc1ccc(N2CC(C(=O)Nc3ccnn3C3CCCC3)CC2=O)cc1. The van der Waals surface area contributed by atoms with Crippen molar-refractivity contribution in [2.24, 2.45) is 5.92 Å². The summed E-state index contributed by atoms with van der Waals surface area (Å²) in [5.41, 5.74) is 2.10. The molecule has 1 aromatic carbocycles. The fourth-order valence-corrected chi connectivity index (χ4v) is 4.13. The zero-order valence-corrected chi connectivity index (χ0v) is 15.7. The van der Waals surface area contributed by atoms with Crippen LogP contribution in [0, 0.1) is 5.92 Å². The second kappa shape index (κ2) is 7.55. The average Bonchev–Trinajstić information content (AvgIpc) is 3.42. The first-order valence-corrected chi connectivity index (χ1v) is 9.89. The van der Waals surface area contributed by atoms with Gasteiger partial charge in [0.2, 0.25) is 11.8 Å². The second-order valence-electron chi connectivity index (χ2n) is 7.51. The summed E-state index contributed by atoms with van der Waals surface area (Å²) in [6.07, 6.45) is 7.58. The van der Waals surface area contributed by atoms with Crippen LogP contribution in [0.4, 0.5) is 11.5 Å². The van der Waals surface area contributed by atoms with Crippen molar-refractivity contribution in [3.05, 3.63) is 42.1 Å². The number of rotatable bonds is 5. The zero-order valence-electron chi connectivity index (χ0n) is 15.7. The molecular formula is C21H26N4O2. The first kappa shape index (κ1) is 17.8. The molecule has 1 unspecified atom stereocenters. The first-order valence-electron chi connectivity index (χ1n) is 9.89. The molecular weight excluding hydrogens is 340 g/mol. The minimum Gasteiger partial charge on any atom is -0.312 e. The molecule has 1 aliphatic heterocycles. The van der Waals surface area contributed by atoms with Crippen molar-refractivity contribution in [2.45, 2.75) is 51.5 Å². The van der Waals surface area contributed by atoms with E-state index in [1.807, 2.05) is 35.0 Å². The van der Waals surface area contributed by atoms with Crippen LogP contribution >= 0.6 is 0 Å². The smallest absolute Gasteiger partial charge is 0.230 e. The van der Waals surface area contributed by atoms with Gasteiger partial charge >= 0.3 is 0 Å². The number of anilines is 2. The lowest BCUT2D eigenvalue weighted by Gasteiger charge is -2.18. The normalized spacial score (nSPS) is 20.4. The Labute approximate surface area is 159 Å². The highest BCUT2D eigenvalue weighted by molar-refractivity contribution is 6.03. The molecule has 142 valence electrons. The molecule has 1 saturated heterocycles. The van der Waals surface area contributed by atoms with Crippen LogP contribution in [-0.2, 0) is 16.0 Å². The lowest BCUT2D eigenvalue weighted by molar-refractivity contribution is -0.122. The second-order valence-corrected chi connectivity index (χ2v) is 7.51. The Morgan fingerprint density at radius 1 is 1.19 bits per heavy atom. The summed E-state index contributed by atoms with van der Waals surface area (Å²) < 4.78 is 1.93. The van der Waals surface area contributed by atoms with Crippen molar-refractivity contribution in [3.8, 4) is 0 Å². The highest BCUT2D eigenvalue weighted by atomic mass is 16.2. The zero-order chi connectivity index (χ0) is 18.8. The van der Waals surface area contributed by atoms with E-state index in [9.17, 15) is 9.59 Å². The number of aryl methyl sites for hydroxylation is 1. The molecule has 27 heavy (non-hydrogen) atoms. The Morgan fingerprint density at radius 3 is 2.63 bits per heavy atom. The molecule has 4 rings (SSSR count). The number of nitrogens with one attached hydrogen (secondary N) is 1. The molecule has 2 heterocycles. The minimum absolute atomic E-state index is 0.00343. The number of amides is 2. The van der Waals surface area contributed by atoms with Gasteiger partial charge in [0.15, 0.2) is 0 Å². The highest BCUT2D eigenvalue weighted by Crippen LogP contribution is 2.32. The van der Waals surface area contributed by atoms with E-state index in [0.717, 1.165) is 30.8 Å². The van der Waals surface area contributed by atoms with Gasteiger partial charge in [-0.15, -0.1) is 0 Å². The monoisotopic (exact) mass is 366 g/mol. The van der Waals surface area contributed by atoms with Gasteiger partial charge in [0.05, 0.1) is 18.2 Å². The maximum atomic E-state index is 12.8. The van der Waals surface area contributed by atoms with Crippen LogP contribution in [0.15, 0.2) is 36.5 Å². The van der Waals surface area contributed by atoms with Crippen molar-refractivity contribution in [1.82, 2.24) is 9.78 Å². The Morgan fingerprint density at radius 2 is 1.93 bits per heavy atom. The molecule has 6 heteroatoms. The standard InChI is InChI=1S/C21H26N4O2/c1-2-15-7-9-17(10-8-15)24-14-16(13-20(24)26)21(27)23-19-11-12-22-25(19)18-5-3-4-6-18/h7-12,16,18H,2-6,13-14H2,1H3,(H,23,27). The summed E-state index contributed by atoms with van der Waals surface area (Å²) >= 11 is 0. The van der Waals surface area contributed by atoms with Gasteiger partial charge in [0, 0.05) is 24.7 Å². The maximum absolute atomic E-state index is 12.8.